The van der Waals surface area contributed by atoms with Crippen molar-refractivity contribution in [1.82, 2.24) is 4.57 Å². The first-order chi connectivity index (χ1) is 12.8. The number of aromatic nitrogens is 1. The summed E-state index contributed by atoms with van der Waals surface area (Å²) in [6.07, 6.45) is 6.43. The van der Waals surface area contributed by atoms with Gasteiger partial charge in [0.1, 0.15) is 0 Å². The smallest absolute Gasteiger partial charge is 0.158 e. The maximum Gasteiger partial charge on any atom is 0.158 e. The third-order valence-corrected chi connectivity index (χ3v) is 5.21. The average molecular weight is 346 g/mol. The van der Waals surface area contributed by atoms with Gasteiger partial charge in [-0.05, 0) is 54.3 Å². The molecule has 1 atom stereocenters. The second kappa shape index (κ2) is 7.38. The van der Waals surface area contributed by atoms with E-state index in [0.29, 0.717) is 0 Å². The molecule has 1 aliphatic rings. The lowest BCUT2D eigenvalue weighted by Gasteiger charge is -2.24. The summed E-state index contributed by atoms with van der Waals surface area (Å²) in [4.78, 5) is 2.35. The molecular weight excluding hydrogens is 320 g/mol. The monoisotopic (exact) mass is 346 g/mol. The minimum Gasteiger partial charge on any atom is -0.352 e. The summed E-state index contributed by atoms with van der Waals surface area (Å²) in [6, 6.07) is 19.8. The summed E-state index contributed by atoms with van der Waals surface area (Å²) >= 11 is 0. The molecule has 0 N–H and O–H groups in total. The molecule has 1 unspecified atom stereocenters. The van der Waals surface area contributed by atoms with Crippen molar-refractivity contribution in [2.75, 3.05) is 18.1 Å². The molecule has 1 aromatic heterocycles. The molecule has 0 saturated carbocycles. The highest BCUT2D eigenvalue weighted by Gasteiger charge is 2.27. The maximum atomic E-state index is 6.06. The molecule has 0 amide bonds. The number of anilines is 1. The number of nitrogens with zero attached hydrogens (tertiary/aromatic N) is 2. The predicted octanol–water partition coefficient (Wildman–Crippen LogP) is 5.14. The molecule has 3 aromatic rings. The molecular formula is C23H26N2O. The van der Waals surface area contributed by atoms with E-state index in [2.05, 4.69) is 90.3 Å². The van der Waals surface area contributed by atoms with Crippen LogP contribution in [0.1, 0.15) is 36.8 Å². The van der Waals surface area contributed by atoms with Gasteiger partial charge in [0.15, 0.2) is 6.23 Å². The molecule has 1 saturated heterocycles. The van der Waals surface area contributed by atoms with Gasteiger partial charge in [-0.2, -0.15) is 0 Å². The molecule has 1 fully saturated rings. The Kier molecular flexibility index (Phi) is 4.81. The number of ether oxygens (including phenoxy) is 1. The molecule has 4 rings (SSSR count). The molecule has 2 aromatic carbocycles. The first kappa shape index (κ1) is 16.9. The van der Waals surface area contributed by atoms with Gasteiger partial charge in [-0.1, -0.05) is 38.1 Å². The summed E-state index contributed by atoms with van der Waals surface area (Å²) in [7, 11) is 0. The Labute approximate surface area is 155 Å². The minimum absolute atomic E-state index is 0.0151. The van der Waals surface area contributed by atoms with Crippen molar-refractivity contribution in [3.05, 3.63) is 83.7 Å². The highest BCUT2D eigenvalue weighted by Crippen LogP contribution is 2.33. The van der Waals surface area contributed by atoms with Crippen LogP contribution >= 0.6 is 0 Å². The van der Waals surface area contributed by atoms with Crippen LogP contribution in [-0.2, 0) is 17.6 Å². The number of benzene rings is 2. The van der Waals surface area contributed by atoms with Gasteiger partial charge in [0, 0.05) is 35.9 Å². The fraction of sp³-hybridized carbons (Fsp3) is 0.304. The van der Waals surface area contributed by atoms with E-state index >= 15 is 0 Å². The Morgan fingerprint density at radius 3 is 2.08 bits per heavy atom. The molecule has 0 bridgehead atoms. The average Bonchev–Trinajstić information content (AvgIpc) is 3.37. The van der Waals surface area contributed by atoms with Gasteiger partial charge in [-0.3, -0.25) is 0 Å². The van der Waals surface area contributed by atoms with Gasteiger partial charge in [-0.25, -0.2) is 0 Å². The lowest BCUT2D eigenvalue weighted by atomic mass is 10.1. The Bertz CT molecular complexity index is 849. The molecule has 0 radical (unpaired) electrons. The molecule has 2 heterocycles. The van der Waals surface area contributed by atoms with Crippen LogP contribution in [0.15, 0.2) is 67.0 Å². The second-order valence-corrected chi connectivity index (χ2v) is 6.81. The van der Waals surface area contributed by atoms with Crippen LogP contribution in [0.4, 0.5) is 5.69 Å². The molecule has 0 aliphatic carbocycles. The van der Waals surface area contributed by atoms with Crippen LogP contribution in [-0.4, -0.2) is 17.7 Å². The first-order valence-corrected chi connectivity index (χ1v) is 9.53. The number of hydrogen-bond donors (Lipinski definition) is 0. The lowest BCUT2D eigenvalue weighted by molar-refractivity contribution is 0.114. The van der Waals surface area contributed by atoms with Crippen LogP contribution in [0.2, 0.25) is 0 Å². The van der Waals surface area contributed by atoms with Gasteiger partial charge in [0.25, 0.3) is 0 Å². The van der Waals surface area contributed by atoms with Gasteiger partial charge < -0.3 is 14.2 Å². The predicted molar refractivity (Wildman–Crippen MR) is 107 cm³/mol. The van der Waals surface area contributed by atoms with Crippen LogP contribution in [0.3, 0.4) is 0 Å². The van der Waals surface area contributed by atoms with Gasteiger partial charge >= 0.3 is 0 Å². The van der Waals surface area contributed by atoms with Crippen molar-refractivity contribution >= 4 is 5.69 Å². The van der Waals surface area contributed by atoms with E-state index in [1.807, 2.05) is 0 Å². The highest BCUT2D eigenvalue weighted by molar-refractivity contribution is 5.50. The van der Waals surface area contributed by atoms with Crippen molar-refractivity contribution in [1.29, 1.82) is 0 Å². The maximum absolute atomic E-state index is 6.06. The minimum atomic E-state index is -0.0151. The zero-order valence-corrected chi connectivity index (χ0v) is 15.6. The molecule has 1 aliphatic heterocycles. The van der Waals surface area contributed by atoms with E-state index < -0.39 is 0 Å². The zero-order chi connectivity index (χ0) is 17.9. The van der Waals surface area contributed by atoms with Crippen molar-refractivity contribution < 1.29 is 4.74 Å². The van der Waals surface area contributed by atoms with Gasteiger partial charge in [-0.15, -0.1) is 0 Å². The van der Waals surface area contributed by atoms with Gasteiger partial charge in [0.05, 0.1) is 6.61 Å². The number of hydrogen-bond acceptors (Lipinski definition) is 2. The van der Waals surface area contributed by atoms with Crippen molar-refractivity contribution in [2.24, 2.45) is 0 Å². The van der Waals surface area contributed by atoms with E-state index in [-0.39, 0.29) is 6.23 Å². The third-order valence-electron chi connectivity index (χ3n) is 5.21. The fourth-order valence-corrected chi connectivity index (χ4v) is 3.56. The van der Waals surface area contributed by atoms with Gasteiger partial charge in [0.2, 0.25) is 0 Å². The summed E-state index contributed by atoms with van der Waals surface area (Å²) in [5.41, 5.74) is 6.34. The lowest BCUT2D eigenvalue weighted by Crippen LogP contribution is -2.22. The van der Waals surface area contributed by atoms with Crippen molar-refractivity contribution in [3.63, 3.8) is 0 Å². The quantitative estimate of drug-likeness (QED) is 0.636. The van der Waals surface area contributed by atoms with E-state index in [1.165, 1.54) is 28.1 Å². The van der Waals surface area contributed by atoms with Crippen LogP contribution in [0.5, 0.6) is 0 Å². The Morgan fingerprint density at radius 1 is 0.846 bits per heavy atom. The molecule has 26 heavy (non-hydrogen) atoms. The third kappa shape index (κ3) is 3.27. The fourth-order valence-electron chi connectivity index (χ4n) is 3.56. The highest BCUT2D eigenvalue weighted by atomic mass is 16.5. The Morgan fingerprint density at radius 2 is 1.46 bits per heavy atom. The van der Waals surface area contributed by atoms with E-state index in [1.54, 1.807) is 0 Å². The van der Waals surface area contributed by atoms with Crippen LogP contribution in [0.25, 0.3) is 5.69 Å². The molecule has 0 spiro atoms. The number of rotatable bonds is 5. The SMILES string of the molecule is CCc1ccc(N2CCOC2c2ccn(-c3ccc(CC)cc3)c2)cc1. The molecule has 3 nitrogen and oxygen atoms in total. The van der Waals surface area contributed by atoms with E-state index in [0.717, 1.165) is 26.0 Å². The summed E-state index contributed by atoms with van der Waals surface area (Å²) in [5.74, 6) is 0. The second-order valence-electron chi connectivity index (χ2n) is 6.81. The topological polar surface area (TPSA) is 17.4 Å². The molecule has 134 valence electrons. The summed E-state index contributed by atoms with van der Waals surface area (Å²) < 4.78 is 8.24. The standard InChI is InChI=1S/C23H26N2O/c1-3-18-5-9-21(10-6-18)24-14-13-20(17-24)23-25(15-16-26-23)22-11-7-19(4-2)8-12-22/h5-14,17,23H,3-4,15-16H2,1-2H3. The Balaban J connectivity index is 1.57. The first-order valence-electron chi connectivity index (χ1n) is 9.53. The largest absolute Gasteiger partial charge is 0.352 e. The zero-order valence-electron chi connectivity index (χ0n) is 15.6. The normalized spacial score (nSPS) is 17.0. The van der Waals surface area contributed by atoms with Crippen molar-refractivity contribution in [2.45, 2.75) is 32.9 Å². The van der Waals surface area contributed by atoms with Crippen LogP contribution in [0, 0.1) is 0 Å². The summed E-state index contributed by atoms with van der Waals surface area (Å²) in [5, 5.41) is 0. The Hall–Kier alpha value is -2.52. The molecule has 3 heteroatoms. The van der Waals surface area contributed by atoms with Crippen LogP contribution < -0.4 is 4.90 Å². The van der Waals surface area contributed by atoms with Crippen molar-refractivity contribution in [3.8, 4) is 5.69 Å². The van der Waals surface area contributed by atoms with E-state index in [9.17, 15) is 0 Å². The van der Waals surface area contributed by atoms with E-state index in [4.69, 9.17) is 4.74 Å². The summed E-state index contributed by atoms with van der Waals surface area (Å²) in [6.45, 7) is 6.05. The number of aryl methyl sites for hydroxylation is 2.